The van der Waals surface area contributed by atoms with E-state index in [1.54, 1.807) is 0 Å². The monoisotopic (exact) mass is 331 g/mol. The van der Waals surface area contributed by atoms with Crippen LogP contribution >= 0.6 is 15.9 Å². The van der Waals surface area contributed by atoms with Gasteiger partial charge in [-0.1, -0.05) is 6.07 Å². The molecule has 0 spiro atoms. The third-order valence-corrected chi connectivity index (χ3v) is 3.98. The maximum absolute atomic E-state index is 4.72. The Morgan fingerprint density at radius 1 is 1.05 bits per heavy atom. The summed E-state index contributed by atoms with van der Waals surface area (Å²) < 4.78 is 0.862. The van der Waals surface area contributed by atoms with Gasteiger partial charge in [0.25, 0.3) is 0 Å². The van der Waals surface area contributed by atoms with E-state index in [4.69, 9.17) is 4.98 Å². The molecule has 1 aliphatic rings. The van der Waals surface area contributed by atoms with Crippen molar-refractivity contribution in [3.8, 4) is 0 Å². The molecule has 0 N–H and O–H groups in total. The number of nitrogens with zero attached hydrogens (tertiary/aromatic N) is 3. The smallest absolute Gasteiger partial charge is 0.137 e. The normalized spacial score (nSPS) is 14.4. The van der Waals surface area contributed by atoms with E-state index in [2.05, 4.69) is 64.9 Å². The van der Waals surface area contributed by atoms with Gasteiger partial charge in [-0.15, -0.1) is 0 Å². The summed E-state index contributed by atoms with van der Waals surface area (Å²) in [5.41, 5.74) is 3.69. The van der Waals surface area contributed by atoms with Crippen LogP contribution in [0.2, 0.25) is 0 Å². The minimum atomic E-state index is 0.555. The molecule has 0 saturated heterocycles. The first-order valence-corrected chi connectivity index (χ1v) is 7.69. The fraction of sp³-hybridized carbons (Fsp3) is 0.375. The summed E-state index contributed by atoms with van der Waals surface area (Å²) in [6.45, 7) is 4.24. The zero-order valence-electron chi connectivity index (χ0n) is 12.0. The van der Waals surface area contributed by atoms with Crippen molar-refractivity contribution in [2.45, 2.75) is 32.6 Å². The topological polar surface area (TPSA) is 29.0 Å². The van der Waals surface area contributed by atoms with Gasteiger partial charge in [-0.3, -0.25) is 0 Å². The molecule has 0 aliphatic heterocycles. The summed E-state index contributed by atoms with van der Waals surface area (Å²) in [5, 5.41) is 0. The van der Waals surface area contributed by atoms with Gasteiger partial charge in [0.2, 0.25) is 0 Å². The van der Waals surface area contributed by atoms with Crippen LogP contribution in [0.15, 0.2) is 28.9 Å². The van der Waals surface area contributed by atoms with Crippen molar-refractivity contribution >= 4 is 27.4 Å². The number of halogens is 1. The molecule has 20 heavy (non-hydrogen) atoms. The molecule has 0 bridgehead atoms. The van der Waals surface area contributed by atoms with Crippen molar-refractivity contribution in [2.75, 3.05) is 11.9 Å². The Kier molecular flexibility index (Phi) is 3.50. The summed E-state index contributed by atoms with van der Waals surface area (Å²) in [5.74, 6) is 2.46. The van der Waals surface area contributed by atoms with Gasteiger partial charge in [-0.25, -0.2) is 9.97 Å². The number of hydrogen-bond acceptors (Lipinski definition) is 3. The highest BCUT2D eigenvalue weighted by molar-refractivity contribution is 9.10. The number of rotatable bonds is 3. The predicted octanol–water partition coefficient (Wildman–Crippen LogP) is 4.50. The SMILES string of the molecule is Cc1cc(C)cc(N(C)c2cc(Br)nc(C3CC3)n2)c1. The van der Waals surface area contributed by atoms with Crippen molar-refractivity contribution in [3.63, 3.8) is 0 Å². The van der Waals surface area contributed by atoms with E-state index < -0.39 is 0 Å². The van der Waals surface area contributed by atoms with Gasteiger partial charge >= 0.3 is 0 Å². The average Bonchev–Trinajstić information content (AvgIpc) is 3.20. The fourth-order valence-electron chi connectivity index (χ4n) is 2.40. The molecule has 4 heteroatoms. The van der Waals surface area contributed by atoms with Gasteiger partial charge in [-0.05, 0) is 65.9 Å². The first-order valence-electron chi connectivity index (χ1n) is 6.89. The van der Waals surface area contributed by atoms with Gasteiger partial charge in [0.05, 0.1) is 0 Å². The largest absolute Gasteiger partial charge is 0.329 e. The Balaban J connectivity index is 1.98. The zero-order chi connectivity index (χ0) is 14.3. The summed E-state index contributed by atoms with van der Waals surface area (Å²) in [4.78, 5) is 11.3. The molecule has 0 radical (unpaired) electrons. The quantitative estimate of drug-likeness (QED) is 0.775. The second-order valence-corrected chi connectivity index (χ2v) is 6.40. The summed E-state index contributed by atoms with van der Waals surface area (Å²) in [6.07, 6.45) is 2.42. The maximum Gasteiger partial charge on any atom is 0.137 e. The Bertz CT molecular complexity index is 630. The Morgan fingerprint density at radius 3 is 2.30 bits per heavy atom. The van der Waals surface area contributed by atoms with Crippen LogP contribution in [0.25, 0.3) is 0 Å². The van der Waals surface area contributed by atoms with Crippen LogP contribution in [-0.4, -0.2) is 17.0 Å². The molecule has 1 heterocycles. The second kappa shape index (κ2) is 5.17. The highest BCUT2D eigenvalue weighted by Crippen LogP contribution is 2.39. The molecule has 104 valence electrons. The van der Waals surface area contributed by atoms with Crippen LogP contribution < -0.4 is 4.90 Å². The van der Waals surface area contributed by atoms with E-state index in [9.17, 15) is 0 Å². The predicted molar refractivity (Wildman–Crippen MR) is 85.7 cm³/mol. The molecule has 1 aliphatic carbocycles. The van der Waals surface area contributed by atoms with Crippen LogP contribution in [0.5, 0.6) is 0 Å². The minimum absolute atomic E-state index is 0.555. The van der Waals surface area contributed by atoms with Gasteiger partial charge in [-0.2, -0.15) is 0 Å². The van der Waals surface area contributed by atoms with Crippen molar-refractivity contribution < 1.29 is 0 Å². The molecule has 1 aromatic carbocycles. The zero-order valence-corrected chi connectivity index (χ0v) is 13.6. The second-order valence-electron chi connectivity index (χ2n) is 5.59. The first-order chi connectivity index (χ1) is 9.52. The van der Waals surface area contributed by atoms with E-state index in [0.29, 0.717) is 5.92 Å². The maximum atomic E-state index is 4.72. The Labute approximate surface area is 128 Å². The van der Waals surface area contributed by atoms with E-state index in [0.717, 1.165) is 21.9 Å². The number of aromatic nitrogens is 2. The third kappa shape index (κ3) is 2.85. The summed E-state index contributed by atoms with van der Waals surface area (Å²) in [6, 6.07) is 8.52. The molecule has 3 rings (SSSR count). The van der Waals surface area contributed by atoms with Gasteiger partial charge in [0.15, 0.2) is 0 Å². The van der Waals surface area contributed by atoms with Crippen LogP contribution in [0.4, 0.5) is 11.5 Å². The summed E-state index contributed by atoms with van der Waals surface area (Å²) >= 11 is 3.50. The van der Waals surface area contributed by atoms with Gasteiger partial charge in [0, 0.05) is 24.7 Å². The standard InChI is InChI=1S/C16H18BrN3/c1-10-6-11(2)8-13(7-10)20(3)15-9-14(17)18-16(19-15)12-4-5-12/h6-9,12H,4-5H2,1-3H3. The number of aryl methyl sites for hydroxylation is 2. The lowest BCUT2D eigenvalue weighted by Crippen LogP contribution is -2.13. The third-order valence-electron chi connectivity index (χ3n) is 3.58. The molecule has 1 saturated carbocycles. The van der Waals surface area contributed by atoms with E-state index in [-0.39, 0.29) is 0 Å². The highest BCUT2D eigenvalue weighted by atomic mass is 79.9. The molecule has 1 aromatic heterocycles. The number of anilines is 2. The van der Waals surface area contributed by atoms with Crippen LogP contribution in [0.1, 0.15) is 35.7 Å². The highest BCUT2D eigenvalue weighted by Gasteiger charge is 2.27. The van der Waals surface area contributed by atoms with E-state index in [1.165, 1.54) is 24.0 Å². The van der Waals surface area contributed by atoms with E-state index >= 15 is 0 Å². The van der Waals surface area contributed by atoms with Gasteiger partial charge < -0.3 is 4.90 Å². The fourth-order valence-corrected chi connectivity index (χ4v) is 2.78. The van der Waals surface area contributed by atoms with Crippen LogP contribution in [-0.2, 0) is 0 Å². The Morgan fingerprint density at radius 2 is 1.70 bits per heavy atom. The van der Waals surface area contributed by atoms with E-state index in [1.807, 2.05) is 6.07 Å². The lowest BCUT2D eigenvalue weighted by Gasteiger charge is -2.20. The average molecular weight is 332 g/mol. The molecule has 1 fully saturated rings. The van der Waals surface area contributed by atoms with Crippen molar-refractivity contribution in [1.82, 2.24) is 9.97 Å². The lowest BCUT2D eigenvalue weighted by atomic mass is 10.1. The first kappa shape index (κ1) is 13.6. The molecule has 0 atom stereocenters. The van der Waals surface area contributed by atoms with Crippen molar-refractivity contribution in [1.29, 1.82) is 0 Å². The van der Waals surface area contributed by atoms with Crippen LogP contribution in [0.3, 0.4) is 0 Å². The van der Waals surface area contributed by atoms with Crippen LogP contribution in [0, 0.1) is 13.8 Å². The molecule has 0 amide bonds. The van der Waals surface area contributed by atoms with Gasteiger partial charge in [0.1, 0.15) is 16.2 Å². The lowest BCUT2D eigenvalue weighted by molar-refractivity contribution is 0.903. The molecular weight excluding hydrogens is 314 g/mol. The molecular formula is C16H18BrN3. The molecule has 0 unspecified atom stereocenters. The number of hydrogen-bond donors (Lipinski definition) is 0. The Hall–Kier alpha value is -1.42. The van der Waals surface area contributed by atoms with Crippen molar-refractivity contribution in [2.24, 2.45) is 0 Å². The number of benzene rings is 1. The summed E-state index contributed by atoms with van der Waals surface area (Å²) in [7, 11) is 2.06. The molecule has 2 aromatic rings. The molecule has 3 nitrogen and oxygen atoms in total. The van der Waals surface area contributed by atoms with Crippen molar-refractivity contribution in [3.05, 3.63) is 45.8 Å². The minimum Gasteiger partial charge on any atom is -0.329 e.